The van der Waals surface area contributed by atoms with Crippen LogP contribution in [-0.2, 0) is 4.79 Å². The van der Waals surface area contributed by atoms with Crippen LogP contribution in [0, 0.1) is 12.8 Å². The first kappa shape index (κ1) is 12.5. The summed E-state index contributed by atoms with van der Waals surface area (Å²) < 4.78 is 0. The van der Waals surface area contributed by atoms with Crippen molar-refractivity contribution in [2.75, 3.05) is 13.1 Å². The molecule has 1 atom stereocenters. The monoisotopic (exact) mass is 253 g/mol. The van der Waals surface area contributed by atoms with E-state index in [1.54, 1.807) is 11.3 Å². The second kappa shape index (κ2) is 5.60. The van der Waals surface area contributed by atoms with Crippen LogP contribution in [0.4, 0.5) is 0 Å². The Morgan fingerprint density at radius 3 is 3.00 bits per heavy atom. The van der Waals surface area contributed by atoms with Gasteiger partial charge in [-0.2, -0.15) is 0 Å². The van der Waals surface area contributed by atoms with Gasteiger partial charge in [-0.15, -0.1) is 11.3 Å². The summed E-state index contributed by atoms with van der Waals surface area (Å²) >= 11 is 1.63. The molecule has 5 heteroatoms. The lowest BCUT2D eigenvalue weighted by atomic mass is 10.3. The van der Waals surface area contributed by atoms with Crippen LogP contribution in [0.5, 0.6) is 0 Å². The Labute approximate surface area is 106 Å². The molecule has 2 N–H and O–H groups in total. The molecule has 0 spiro atoms. The average molecular weight is 253 g/mol. The number of amides is 1. The van der Waals surface area contributed by atoms with E-state index >= 15 is 0 Å². The molecule has 0 aliphatic heterocycles. The third-order valence-electron chi connectivity index (χ3n) is 2.80. The van der Waals surface area contributed by atoms with Crippen LogP contribution in [0.15, 0.2) is 6.20 Å². The molecule has 1 aliphatic rings. The first-order valence-corrected chi connectivity index (χ1v) is 6.89. The molecule has 0 saturated heterocycles. The summed E-state index contributed by atoms with van der Waals surface area (Å²) in [6, 6.07) is 0.00363. The molecular formula is C12H19N3OS. The molecule has 0 aromatic carbocycles. The smallest absolute Gasteiger partial charge is 0.234 e. The average Bonchev–Trinajstić information content (AvgIpc) is 2.99. The molecule has 1 saturated carbocycles. The molecule has 0 radical (unpaired) electrons. The molecule has 94 valence electrons. The molecule has 1 aliphatic carbocycles. The maximum absolute atomic E-state index is 11.6. The fourth-order valence-corrected chi connectivity index (χ4v) is 2.41. The van der Waals surface area contributed by atoms with Crippen LogP contribution >= 0.6 is 11.3 Å². The Kier molecular flexibility index (Phi) is 4.12. The first-order valence-electron chi connectivity index (χ1n) is 6.07. The molecule has 2 rings (SSSR count). The van der Waals surface area contributed by atoms with Crippen LogP contribution < -0.4 is 10.6 Å². The zero-order chi connectivity index (χ0) is 12.3. The van der Waals surface area contributed by atoms with Crippen LogP contribution in [0.1, 0.15) is 35.7 Å². The van der Waals surface area contributed by atoms with Gasteiger partial charge in [0.25, 0.3) is 0 Å². The second-order valence-electron chi connectivity index (χ2n) is 4.67. The highest BCUT2D eigenvalue weighted by molar-refractivity contribution is 7.11. The van der Waals surface area contributed by atoms with Gasteiger partial charge < -0.3 is 10.6 Å². The fraction of sp³-hybridized carbons (Fsp3) is 0.667. The first-order chi connectivity index (χ1) is 8.15. The molecule has 1 fully saturated rings. The minimum Gasteiger partial charge on any atom is -0.346 e. The lowest BCUT2D eigenvalue weighted by Gasteiger charge is -2.11. The van der Waals surface area contributed by atoms with Crippen LogP contribution in [0.2, 0.25) is 0 Å². The molecule has 0 bridgehead atoms. The molecule has 17 heavy (non-hydrogen) atoms. The molecule has 1 heterocycles. The number of thiazole rings is 1. The van der Waals surface area contributed by atoms with Crippen LogP contribution in [-0.4, -0.2) is 24.0 Å². The Bertz CT molecular complexity index is 387. The Morgan fingerprint density at radius 1 is 1.65 bits per heavy atom. The van der Waals surface area contributed by atoms with Crippen molar-refractivity contribution >= 4 is 17.2 Å². The summed E-state index contributed by atoms with van der Waals surface area (Å²) in [7, 11) is 0. The third kappa shape index (κ3) is 4.09. The number of nitrogens with one attached hydrogen (secondary N) is 2. The predicted molar refractivity (Wildman–Crippen MR) is 69.0 cm³/mol. The lowest BCUT2D eigenvalue weighted by Crippen LogP contribution is -2.36. The van der Waals surface area contributed by atoms with Gasteiger partial charge in [-0.3, -0.25) is 4.79 Å². The number of carbonyl (C=O) groups is 1. The van der Waals surface area contributed by atoms with Crippen molar-refractivity contribution in [1.82, 2.24) is 15.6 Å². The van der Waals surface area contributed by atoms with Crippen molar-refractivity contribution < 1.29 is 4.79 Å². The van der Waals surface area contributed by atoms with Gasteiger partial charge in [-0.25, -0.2) is 4.98 Å². The third-order valence-corrected chi connectivity index (χ3v) is 3.90. The summed E-state index contributed by atoms with van der Waals surface area (Å²) in [5.74, 6) is 0.854. The zero-order valence-electron chi connectivity index (χ0n) is 10.3. The van der Waals surface area contributed by atoms with E-state index in [4.69, 9.17) is 0 Å². The Hall–Kier alpha value is -0.940. The molecule has 1 aromatic rings. The van der Waals surface area contributed by atoms with Gasteiger partial charge in [0, 0.05) is 11.1 Å². The number of aryl methyl sites for hydroxylation is 1. The molecule has 4 nitrogen and oxygen atoms in total. The van der Waals surface area contributed by atoms with Gasteiger partial charge in [0.2, 0.25) is 5.91 Å². The maximum atomic E-state index is 11.6. The van der Waals surface area contributed by atoms with Crippen molar-refractivity contribution in [3.8, 4) is 0 Å². The van der Waals surface area contributed by atoms with Gasteiger partial charge in [-0.05, 0) is 39.2 Å². The van der Waals surface area contributed by atoms with Gasteiger partial charge in [0.15, 0.2) is 0 Å². The molecule has 1 aromatic heterocycles. The van der Waals surface area contributed by atoms with Crippen molar-refractivity contribution in [3.05, 3.63) is 16.1 Å². The number of hydrogen-bond donors (Lipinski definition) is 2. The highest BCUT2D eigenvalue weighted by atomic mass is 32.1. The predicted octanol–water partition coefficient (Wildman–Crippen LogP) is 1.63. The number of aromatic nitrogens is 1. The summed E-state index contributed by atoms with van der Waals surface area (Å²) in [5, 5.41) is 7.10. The van der Waals surface area contributed by atoms with E-state index in [-0.39, 0.29) is 11.9 Å². The van der Waals surface area contributed by atoms with E-state index in [1.165, 1.54) is 17.7 Å². The number of rotatable bonds is 6. The van der Waals surface area contributed by atoms with E-state index in [2.05, 4.69) is 15.6 Å². The second-order valence-corrected chi connectivity index (χ2v) is 5.94. The summed E-state index contributed by atoms with van der Waals surface area (Å²) in [4.78, 5) is 17.1. The van der Waals surface area contributed by atoms with Crippen LogP contribution in [0.3, 0.4) is 0 Å². The largest absolute Gasteiger partial charge is 0.346 e. The van der Waals surface area contributed by atoms with Crippen molar-refractivity contribution in [2.45, 2.75) is 32.7 Å². The van der Waals surface area contributed by atoms with Crippen molar-refractivity contribution in [3.63, 3.8) is 0 Å². The molecular weight excluding hydrogens is 234 g/mol. The van der Waals surface area contributed by atoms with Crippen molar-refractivity contribution in [1.29, 1.82) is 0 Å². The molecule has 1 amide bonds. The van der Waals surface area contributed by atoms with Crippen LogP contribution in [0.25, 0.3) is 0 Å². The zero-order valence-corrected chi connectivity index (χ0v) is 11.1. The van der Waals surface area contributed by atoms with Gasteiger partial charge in [-0.1, -0.05) is 0 Å². The minimum atomic E-state index is 0.00363. The minimum absolute atomic E-state index is 0.00363. The normalized spacial score (nSPS) is 16.8. The topological polar surface area (TPSA) is 54.0 Å². The van der Waals surface area contributed by atoms with E-state index in [1.807, 2.05) is 20.0 Å². The maximum Gasteiger partial charge on any atom is 0.234 e. The summed E-state index contributed by atoms with van der Waals surface area (Å²) in [6.07, 6.45) is 4.46. The SMILES string of the molecule is Cc1cnc(C(C)NC(=O)CNCC2CC2)s1. The number of carbonyl (C=O) groups excluding carboxylic acids is 1. The molecule has 1 unspecified atom stereocenters. The highest BCUT2D eigenvalue weighted by Crippen LogP contribution is 2.27. The van der Waals surface area contributed by atoms with E-state index in [0.717, 1.165) is 17.5 Å². The fourth-order valence-electron chi connectivity index (χ4n) is 1.64. The number of hydrogen-bond acceptors (Lipinski definition) is 4. The Morgan fingerprint density at radius 2 is 2.41 bits per heavy atom. The van der Waals surface area contributed by atoms with E-state index in [9.17, 15) is 4.79 Å². The highest BCUT2D eigenvalue weighted by Gasteiger charge is 2.20. The Balaban J connectivity index is 1.69. The quantitative estimate of drug-likeness (QED) is 0.810. The van der Waals surface area contributed by atoms with E-state index in [0.29, 0.717) is 6.54 Å². The summed E-state index contributed by atoms with van der Waals surface area (Å²) in [6.45, 7) is 5.37. The van der Waals surface area contributed by atoms with Crippen molar-refractivity contribution in [2.24, 2.45) is 5.92 Å². The standard InChI is InChI=1S/C12H19N3OS/c1-8-5-14-12(17-8)9(2)15-11(16)7-13-6-10-3-4-10/h5,9-10,13H,3-4,6-7H2,1-2H3,(H,15,16). The van der Waals surface area contributed by atoms with Gasteiger partial charge in [0.05, 0.1) is 12.6 Å². The number of nitrogens with zero attached hydrogens (tertiary/aromatic N) is 1. The summed E-state index contributed by atoms with van der Waals surface area (Å²) in [5.41, 5.74) is 0. The lowest BCUT2D eigenvalue weighted by molar-refractivity contribution is -0.120. The van der Waals surface area contributed by atoms with Gasteiger partial charge in [0.1, 0.15) is 5.01 Å². The van der Waals surface area contributed by atoms with E-state index < -0.39 is 0 Å². The van der Waals surface area contributed by atoms with Gasteiger partial charge >= 0.3 is 0 Å².